The summed E-state index contributed by atoms with van der Waals surface area (Å²) in [7, 11) is -1.96. The number of benzene rings is 2. The normalized spacial score (nSPS) is 15.3. The van der Waals surface area contributed by atoms with Crippen molar-refractivity contribution in [1.29, 1.82) is 0 Å². The molecule has 0 bridgehead atoms. The van der Waals surface area contributed by atoms with Crippen LogP contribution in [0.4, 0.5) is 5.69 Å². The van der Waals surface area contributed by atoms with E-state index in [0.717, 1.165) is 12.1 Å². The zero-order valence-electron chi connectivity index (χ0n) is 16.1. The molecule has 1 saturated heterocycles. The average Bonchev–Trinajstić information content (AvgIpc) is 2.74. The van der Waals surface area contributed by atoms with E-state index in [-0.39, 0.29) is 4.90 Å². The van der Waals surface area contributed by atoms with Crippen molar-refractivity contribution in [3.8, 4) is 5.75 Å². The average molecular weight is 420 g/mol. The molecule has 1 fully saturated rings. The van der Waals surface area contributed by atoms with Crippen LogP contribution in [0.2, 0.25) is 0 Å². The molecule has 1 aliphatic heterocycles. The summed E-state index contributed by atoms with van der Waals surface area (Å²) in [6.45, 7) is 3.99. The van der Waals surface area contributed by atoms with Crippen molar-refractivity contribution in [3.63, 3.8) is 0 Å². The van der Waals surface area contributed by atoms with Crippen LogP contribution in [0.15, 0.2) is 53.4 Å². The minimum atomic E-state index is -3.52. The third-order valence-corrected chi connectivity index (χ3v) is 7.14. The number of anilines is 1. The third kappa shape index (κ3) is 4.45. The summed E-state index contributed by atoms with van der Waals surface area (Å²) in [6, 6.07) is 14.5. The monoisotopic (exact) mass is 419 g/mol. The number of hydrogen-bond acceptors (Lipinski definition) is 4. The van der Waals surface area contributed by atoms with E-state index in [1.165, 1.54) is 9.87 Å². The van der Waals surface area contributed by atoms with Gasteiger partial charge in [-0.15, -0.1) is 0 Å². The minimum Gasteiger partial charge on any atom is -0.497 e. The number of thiocarbonyl (C=S) groups is 1. The third-order valence-electron chi connectivity index (χ3n) is 4.86. The van der Waals surface area contributed by atoms with E-state index in [9.17, 15) is 8.42 Å². The van der Waals surface area contributed by atoms with Crippen LogP contribution < -0.4 is 10.1 Å². The summed E-state index contributed by atoms with van der Waals surface area (Å²) in [6.07, 6.45) is 0.916. The van der Waals surface area contributed by atoms with Crippen LogP contribution in [-0.2, 0) is 16.4 Å². The first-order chi connectivity index (χ1) is 13.5. The van der Waals surface area contributed by atoms with Gasteiger partial charge < -0.3 is 15.0 Å². The Balaban J connectivity index is 1.62. The van der Waals surface area contributed by atoms with Gasteiger partial charge in [-0.3, -0.25) is 0 Å². The SMILES string of the molecule is CCc1ccccc1NC(=S)N1CCN(S(=O)(=O)c2ccc(OC)cc2)CC1. The predicted molar refractivity (Wildman–Crippen MR) is 115 cm³/mol. The minimum absolute atomic E-state index is 0.277. The van der Waals surface area contributed by atoms with Gasteiger partial charge in [0.15, 0.2) is 5.11 Å². The molecule has 0 radical (unpaired) electrons. The van der Waals surface area contributed by atoms with Crippen LogP contribution >= 0.6 is 12.2 Å². The molecular weight excluding hydrogens is 394 g/mol. The van der Waals surface area contributed by atoms with E-state index in [0.29, 0.717) is 37.0 Å². The number of para-hydroxylation sites is 1. The fourth-order valence-electron chi connectivity index (χ4n) is 3.17. The van der Waals surface area contributed by atoms with Gasteiger partial charge in [0.1, 0.15) is 5.75 Å². The Morgan fingerprint density at radius 2 is 1.71 bits per heavy atom. The number of sulfonamides is 1. The fourth-order valence-corrected chi connectivity index (χ4v) is 4.89. The van der Waals surface area contributed by atoms with E-state index in [4.69, 9.17) is 17.0 Å². The summed E-state index contributed by atoms with van der Waals surface area (Å²) in [4.78, 5) is 2.29. The van der Waals surface area contributed by atoms with Crippen LogP contribution in [0, 0.1) is 0 Å². The maximum atomic E-state index is 12.9. The summed E-state index contributed by atoms with van der Waals surface area (Å²) in [5, 5.41) is 3.93. The number of nitrogens with zero attached hydrogens (tertiary/aromatic N) is 2. The second-order valence-electron chi connectivity index (χ2n) is 6.51. The molecule has 3 rings (SSSR count). The van der Waals surface area contributed by atoms with Crippen LogP contribution in [0.3, 0.4) is 0 Å². The molecule has 0 aliphatic carbocycles. The van der Waals surface area contributed by atoms with Crippen molar-refractivity contribution >= 4 is 33.0 Å². The smallest absolute Gasteiger partial charge is 0.243 e. The van der Waals surface area contributed by atoms with E-state index in [1.54, 1.807) is 31.4 Å². The van der Waals surface area contributed by atoms with Crippen LogP contribution in [0.5, 0.6) is 5.75 Å². The number of ether oxygens (including phenoxy) is 1. The van der Waals surface area contributed by atoms with Crippen molar-refractivity contribution in [2.24, 2.45) is 0 Å². The molecule has 0 saturated carbocycles. The van der Waals surface area contributed by atoms with Gasteiger partial charge in [0.25, 0.3) is 0 Å². The molecule has 0 atom stereocenters. The summed E-state index contributed by atoms with van der Waals surface area (Å²) in [5.74, 6) is 0.632. The lowest BCUT2D eigenvalue weighted by molar-refractivity contribution is 0.268. The highest BCUT2D eigenvalue weighted by molar-refractivity contribution is 7.89. The molecule has 0 aromatic heterocycles. The molecule has 6 nitrogen and oxygen atoms in total. The Morgan fingerprint density at radius 3 is 2.32 bits per heavy atom. The second-order valence-corrected chi connectivity index (χ2v) is 8.83. The lowest BCUT2D eigenvalue weighted by Gasteiger charge is -2.35. The Labute approximate surface area is 172 Å². The van der Waals surface area contributed by atoms with Crippen molar-refractivity contribution in [2.45, 2.75) is 18.2 Å². The Kier molecular flexibility index (Phi) is 6.53. The molecule has 0 amide bonds. The molecule has 2 aromatic carbocycles. The highest BCUT2D eigenvalue weighted by Crippen LogP contribution is 2.21. The number of rotatable bonds is 5. The summed E-state index contributed by atoms with van der Waals surface area (Å²) >= 11 is 5.55. The summed E-state index contributed by atoms with van der Waals surface area (Å²) < 4.78 is 32.3. The Hall–Kier alpha value is -2.16. The van der Waals surface area contributed by atoms with Crippen molar-refractivity contribution in [2.75, 3.05) is 38.6 Å². The maximum absolute atomic E-state index is 12.9. The van der Waals surface area contributed by atoms with Gasteiger partial charge >= 0.3 is 0 Å². The van der Waals surface area contributed by atoms with E-state index in [2.05, 4.69) is 18.3 Å². The Bertz CT molecular complexity index is 922. The number of hydrogen-bond donors (Lipinski definition) is 1. The van der Waals surface area contributed by atoms with E-state index in [1.807, 2.05) is 23.1 Å². The topological polar surface area (TPSA) is 61.9 Å². The number of methoxy groups -OCH3 is 1. The van der Waals surface area contributed by atoms with Crippen LogP contribution in [0.1, 0.15) is 12.5 Å². The molecule has 1 aliphatic rings. The molecular formula is C20H25N3O3S2. The number of aryl methyl sites for hydroxylation is 1. The molecule has 0 spiro atoms. The zero-order chi connectivity index (χ0) is 20.1. The molecule has 28 heavy (non-hydrogen) atoms. The molecule has 8 heteroatoms. The van der Waals surface area contributed by atoms with E-state index >= 15 is 0 Å². The van der Waals surface area contributed by atoms with Gasteiger partial charge in [0.2, 0.25) is 10.0 Å². The van der Waals surface area contributed by atoms with Crippen LogP contribution in [0.25, 0.3) is 0 Å². The highest BCUT2D eigenvalue weighted by atomic mass is 32.2. The standard InChI is InChI=1S/C20H25N3O3S2/c1-3-16-6-4-5-7-19(16)21-20(27)22-12-14-23(15-13-22)28(24,25)18-10-8-17(26-2)9-11-18/h4-11H,3,12-15H2,1-2H3,(H,21,27). The predicted octanol–water partition coefficient (Wildman–Crippen LogP) is 2.96. The lowest BCUT2D eigenvalue weighted by atomic mass is 10.1. The van der Waals surface area contributed by atoms with Gasteiger partial charge in [0, 0.05) is 31.9 Å². The molecule has 1 heterocycles. The van der Waals surface area contributed by atoms with Gasteiger partial charge in [0.05, 0.1) is 12.0 Å². The molecule has 1 N–H and O–H groups in total. The van der Waals surface area contributed by atoms with E-state index < -0.39 is 10.0 Å². The first-order valence-corrected chi connectivity index (χ1v) is 11.1. The molecule has 150 valence electrons. The zero-order valence-corrected chi connectivity index (χ0v) is 17.7. The first kappa shape index (κ1) is 20.6. The van der Waals surface area contributed by atoms with Gasteiger partial charge in [-0.05, 0) is 54.5 Å². The Morgan fingerprint density at radius 1 is 1.07 bits per heavy atom. The summed E-state index contributed by atoms with van der Waals surface area (Å²) in [5.41, 5.74) is 2.20. The highest BCUT2D eigenvalue weighted by Gasteiger charge is 2.29. The second kappa shape index (κ2) is 8.89. The fraction of sp³-hybridized carbons (Fsp3) is 0.350. The number of nitrogens with one attached hydrogen (secondary N) is 1. The van der Waals surface area contributed by atoms with Crippen molar-refractivity contribution in [1.82, 2.24) is 9.21 Å². The van der Waals surface area contributed by atoms with Gasteiger partial charge in [-0.1, -0.05) is 25.1 Å². The number of piperazine rings is 1. The molecule has 0 unspecified atom stereocenters. The largest absolute Gasteiger partial charge is 0.497 e. The van der Waals surface area contributed by atoms with Gasteiger partial charge in [-0.25, -0.2) is 8.42 Å². The lowest BCUT2D eigenvalue weighted by Crippen LogP contribution is -2.51. The maximum Gasteiger partial charge on any atom is 0.243 e. The van der Waals surface area contributed by atoms with Crippen molar-refractivity contribution < 1.29 is 13.2 Å². The quantitative estimate of drug-likeness (QED) is 0.752. The molecule has 2 aromatic rings. The van der Waals surface area contributed by atoms with Crippen molar-refractivity contribution in [3.05, 3.63) is 54.1 Å². The first-order valence-electron chi connectivity index (χ1n) is 9.23. The van der Waals surface area contributed by atoms with Gasteiger partial charge in [-0.2, -0.15) is 4.31 Å². The van der Waals surface area contributed by atoms with Crippen LogP contribution in [-0.4, -0.2) is 56.0 Å².